The van der Waals surface area contributed by atoms with E-state index in [-0.39, 0.29) is 5.91 Å². The number of carbonyl (C=O) groups excluding carboxylic acids is 1. The summed E-state index contributed by atoms with van der Waals surface area (Å²) in [5.74, 6) is -0.289. The van der Waals surface area contributed by atoms with Crippen molar-refractivity contribution in [2.75, 3.05) is 6.54 Å². The molecule has 3 N–H and O–H groups in total. The number of para-hydroxylation sites is 1. The number of hydrogen-bond donors (Lipinski definition) is 2. The van der Waals surface area contributed by atoms with E-state index in [1.807, 2.05) is 47.4 Å². The van der Waals surface area contributed by atoms with Gasteiger partial charge in [0.2, 0.25) is 5.91 Å². The molecule has 0 saturated carbocycles. The standard InChI is InChI=1S/C13H16N4O/c14-13(18)6-7-15-8-11-9-16-17(10-11)12-4-2-1-3-5-12/h1-5,9-10,15H,6-8H2,(H2,14,18). The van der Waals surface area contributed by atoms with E-state index in [0.29, 0.717) is 19.5 Å². The third kappa shape index (κ3) is 3.43. The van der Waals surface area contributed by atoms with E-state index in [2.05, 4.69) is 10.4 Å². The highest BCUT2D eigenvalue weighted by molar-refractivity contribution is 5.73. The van der Waals surface area contributed by atoms with Crippen LogP contribution in [0.15, 0.2) is 42.7 Å². The van der Waals surface area contributed by atoms with Gasteiger partial charge in [-0.15, -0.1) is 0 Å². The van der Waals surface area contributed by atoms with Gasteiger partial charge in [-0.1, -0.05) is 18.2 Å². The van der Waals surface area contributed by atoms with Crippen LogP contribution in [0.4, 0.5) is 0 Å². The molecule has 2 rings (SSSR count). The molecule has 0 spiro atoms. The van der Waals surface area contributed by atoms with Gasteiger partial charge in [0.15, 0.2) is 0 Å². The second-order valence-electron chi connectivity index (χ2n) is 4.02. The van der Waals surface area contributed by atoms with Gasteiger partial charge in [0.1, 0.15) is 0 Å². The Hall–Kier alpha value is -2.14. The lowest BCUT2D eigenvalue weighted by Crippen LogP contribution is -2.21. The molecule has 0 aliphatic carbocycles. The molecule has 0 unspecified atom stereocenters. The minimum Gasteiger partial charge on any atom is -0.370 e. The van der Waals surface area contributed by atoms with Gasteiger partial charge in [-0.3, -0.25) is 4.79 Å². The fourth-order valence-electron chi connectivity index (χ4n) is 1.62. The molecule has 94 valence electrons. The number of aromatic nitrogens is 2. The topological polar surface area (TPSA) is 72.9 Å². The molecule has 0 saturated heterocycles. The number of amides is 1. The first-order valence-electron chi connectivity index (χ1n) is 5.84. The molecule has 0 aliphatic heterocycles. The second kappa shape index (κ2) is 5.97. The maximum Gasteiger partial charge on any atom is 0.218 e. The summed E-state index contributed by atoms with van der Waals surface area (Å²) in [6, 6.07) is 9.91. The van der Waals surface area contributed by atoms with Crippen LogP contribution in [-0.2, 0) is 11.3 Å². The van der Waals surface area contributed by atoms with Crippen molar-refractivity contribution in [2.24, 2.45) is 5.73 Å². The number of carbonyl (C=O) groups is 1. The van der Waals surface area contributed by atoms with E-state index in [4.69, 9.17) is 5.73 Å². The molecular weight excluding hydrogens is 228 g/mol. The fourth-order valence-corrected chi connectivity index (χ4v) is 1.62. The predicted molar refractivity (Wildman–Crippen MR) is 69.1 cm³/mol. The van der Waals surface area contributed by atoms with Gasteiger partial charge in [-0.25, -0.2) is 4.68 Å². The number of primary amides is 1. The molecule has 1 heterocycles. The highest BCUT2D eigenvalue weighted by Crippen LogP contribution is 2.07. The Morgan fingerprint density at radius 2 is 2.11 bits per heavy atom. The van der Waals surface area contributed by atoms with Gasteiger partial charge in [-0.2, -0.15) is 5.10 Å². The van der Waals surface area contributed by atoms with Crippen molar-refractivity contribution in [3.05, 3.63) is 48.3 Å². The minimum atomic E-state index is -0.289. The smallest absolute Gasteiger partial charge is 0.218 e. The lowest BCUT2D eigenvalue weighted by Gasteiger charge is -2.01. The molecule has 18 heavy (non-hydrogen) atoms. The highest BCUT2D eigenvalue weighted by atomic mass is 16.1. The first-order chi connectivity index (χ1) is 8.75. The van der Waals surface area contributed by atoms with Gasteiger partial charge in [0, 0.05) is 31.3 Å². The lowest BCUT2D eigenvalue weighted by molar-refractivity contribution is -0.117. The molecule has 0 radical (unpaired) electrons. The van der Waals surface area contributed by atoms with Crippen LogP contribution in [-0.4, -0.2) is 22.2 Å². The Morgan fingerprint density at radius 3 is 2.83 bits per heavy atom. The van der Waals surface area contributed by atoms with Crippen molar-refractivity contribution in [1.29, 1.82) is 0 Å². The Bertz CT molecular complexity index is 507. The number of hydrogen-bond acceptors (Lipinski definition) is 3. The van der Waals surface area contributed by atoms with Gasteiger partial charge in [-0.05, 0) is 12.1 Å². The Balaban J connectivity index is 1.89. The van der Waals surface area contributed by atoms with Crippen LogP contribution >= 0.6 is 0 Å². The zero-order valence-electron chi connectivity index (χ0n) is 10.0. The third-order valence-corrected chi connectivity index (χ3v) is 2.53. The zero-order chi connectivity index (χ0) is 12.8. The van der Waals surface area contributed by atoms with Crippen molar-refractivity contribution in [3.63, 3.8) is 0 Å². The van der Waals surface area contributed by atoms with Crippen LogP contribution in [0.3, 0.4) is 0 Å². The van der Waals surface area contributed by atoms with Crippen LogP contribution in [0.2, 0.25) is 0 Å². The Kier molecular flexibility index (Phi) is 4.09. The van der Waals surface area contributed by atoms with E-state index in [1.54, 1.807) is 0 Å². The molecule has 0 atom stereocenters. The maximum absolute atomic E-state index is 10.6. The summed E-state index contributed by atoms with van der Waals surface area (Å²) in [5, 5.41) is 7.43. The van der Waals surface area contributed by atoms with Crippen LogP contribution in [0.5, 0.6) is 0 Å². The highest BCUT2D eigenvalue weighted by Gasteiger charge is 2.00. The van der Waals surface area contributed by atoms with E-state index in [0.717, 1.165) is 11.3 Å². The molecule has 5 nitrogen and oxygen atoms in total. The zero-order valence-corrected chi connectivity index (χ0v) is 10.0. The molecule has 1 aromatic heterocycles. The van der Waals surface area contributed by atoms with Crippen LogP contribution in [0, 0.1) is 0 Å². The molecule has 0 bridgehead atoms. The summed E-state index contributed by atoms with van der Waals surface area (Å²) < 4.78 is 1.82. The molecule has 0 fully saturated rings. The summed E-state index contributed by atoms with van der Waals surface area (Å²) in [6.07, 6.45) is 4.13. The molecule has 0 aliphatic rings. The summed E-state index contributed by atoms with van der Waals surface area (Å²) in [7, 11) is 0. The van der Waals surface area contributed by atoms with Gasteiger partial charge >= 0.3 is 0 Å². The van der Waals surface area contributed by atoms with Crippen molar-refractivity contribution >= 4 is 5.91 Å². The lowest BCUT2D eigenvalue weighted by atomic mass is 10.3. The quantitative estimate of drug-likeness (QED) is 0.739. The molecular formula is C13H16N4O. The minimum absolute atomic E-state index is 0.289. The van der Waals surface area contributed by atoms with E-state index < -0.39 is 0 Å². The second-order valence-corrected chi connectivity index (χ2v) is 4.02. The van der Waals surface area contributed by atoms with Crippen LogP contribution in [0.1, 0.15) is 12.0 Å². The largest absolute Gasteiger partial charge is 0.370 e. The molecule has 1 amide bonds. The number of nitrogens with zero attached hydrogens (tertiary/aromatic N) is 2. The van der Waals surface area contributed by atoms with Crippen molar-refractivity contribution in [1.82, 2.24) is 15.1 Å². The summed E-state index contributed by atoms with van der Waals surface area (Å²) in [4.78, 5) is 10.6. The third-order valence-electron chi connectivity index (χ3n) is 2.53. The molecule has 1 aromatic carbocycles. The predicted octanol–water partition coefficient (Wildman–Crippen LogP) is 0.837. The van der Waals surface area contributed by atoms with Crippen molar-refractivity contribution < 1.29 is 4.79 Å². The van der Waals surface area contributed by atoms with Gasteiger partial charge in [0.05, 0.1) is 11.9 Å². The average molecular weight is 244 g/mol. The average Bonchev–Trinajstić information content (AvgIpc) is 2.84. The number of rotatable bonds is 6. The molecule has 5 heteroatoms. The van der Waals surface area contributed by atoms with E-state index in [1.165, 1.54) is 0 Å². The first kappa shape index (κ1) is 12.3. The van der Waals surface area contributed by atoms with Crippen LogP contribution in [0.25, 0.3) is 5.69 Å². The SMILES string of the molecule is NC(=O)CCNCc1cnn(-c2ccccc2)c1. The first-order valence-corrected chi connectivity index (χ1v) is 5.84. The number of benzene rings is 1. The Morgan fingerprint density at radius 1 is 1.33 bits per heavy atom. The number of nitrogens with one attached hydrogen (secondary N) is 1. The maximum atomic E-state index is 10.6. The Labute approximate surface area is 106 Å². The van der Waals surface area contributed by atoms with E-state index >= 15 is 0 Å². The summed E-state index contributed by atoms with van der Waals surface area (Å²) in [6.45, 7) is 1.27. The summed E-state index contributed by atoms with van der Waals surface area (Å²) in [5.41, 5.74) is 7.16. The van der Waals surface area contributed by atoms with E-state index in [9.17, 15) is 4.79 Å². The number of nitrogens with two attached hydrogens (primary N) is 1. The van der Waals surface area contributed by atoms with Gasteiger partial charge in [0.25, 0.3) is 0 Å². The fraction of sp³-hybridized carbons (Fsp3) is 0.231. The van der Waals surface area contributed by atoms with Crippen molar-refractivity contribution in [3.8, 4) is 5.69 Å². The van der Waals surface area contributed by atoms with Crippen molar-refractivity contribution in [2.45, 2.75) is 13.0 Å². The summed E-state index contributed by atoms with van der Waals surface area (Å²) >= 11 is 0. The normalized spacial score (nSPS) is 10.4. The molecule has 2 aromatic rings. The van der Waals surface area contributed by atoms with Gasteiger partial charge < -0.3 is 11.1 Å². The monoisotopic (exact) mass is 244 g/mol. The van der Waals surface area contributed by atoms with Crippen LogP contribution < -0.4 is 11.1 Å².